The molecule has 0 amide bonds. The predicted molar refractivity (Wildman–Crippen MR) is 55.3 cm³/mol. The lowest BCUT2D eigenvalue weighted by molar-refractivity contribution is 0.415. The van der Waals surface area contributed by atoms with Crippen molar-refractivity contribution in [2.24, 2.45) is 0 Å². The zero-order valence-corrected chi connectivity index (χ0v) is 8.64. The normalized spacial score (nSPS) is 9.50. The molecule has 4 heteroatoms. The van der Waals surface area contributed by atoms with Crippen molar-refractivity contribution in [1.29, 1.82) is 5.26 Å². The van der Waals surface area contributed by atoms with E-state index in [4.69, 9.17) is 21.6 Å². The lowest BCUT2D eigenvalue weighted by Crippen LogP contribution is -2.12. The molecule has 0 aliphatic carbocycles. The average Bonchev–Trinajstić information content (AvgIpc) is 2.18. The summed E-state index contributed by atoms with van der Waals surface area (Å²) < 4.78 is 5.02. The zero-order valence-electron chi connectivity index (χ0n) is 7.88. The van der Waals surface area contributed by atoms with Crippen molar-refractivity contribution >= 4 is 11.6 Å². The Labute approximate surface area is 88.3 Å². The van der Waals surface area contributed by atoms with Gasteiger partial charge in [0.25, 0.3) is 0 Å². The fourth-order valence-corrected chi connectivity index (χ4v) is 1.36. The molecule has 0 radical (unpaired) electrons. The summed E-state index contributed by atoms with van der Waals surface area (Å²) in [6, 6.07) is 7.55. The van der Waals surface area contributed by atoms with Gasteiger partial charge >= 0.3 is 0 Å². The molecule has 1 aromatic rings. The number of methoxy groups -OCH3 is 1. The fourth-order valence-electron chi connectivity index (χ4n) is 1.08. The van der Waals surface area contributed by atoms with Crippen LogP contribution in [0.2, 0.25) is 5.02 Å². The maximum absolute atomic E-state index is 8.32. The molecule has 0 bridgehead atoms. The number of nitriles is 1. The van der Waals surface area contributed by atoms with Crippen LogP contribution in [0.1, 0.15) is 5.56 Å². The van der Waals surface area contributed by atoms with Crippen LogP contribution in [0.15, 0.2) is 18.2 Å². The van der Waals surface area contributed by atoms with E-state index in [9.17, 15) is 0 Å². The first-order valence-corrected chi connectivity index (χ1v) is 4.56. The first-order chi connectivity index (χ1) is 6.77. The van der Waals surface area contributed by atoms with Gasteiger partial charge in [0.15, 0.2) is 0 Å². The van der Waals surface area contributed by atoms with Crippen molar-refractivity contribution in [2.75, 3.05) is 13.7 Å². The van der Waals surface area contributed by atoms with Crippen molar-refractivity contribution in [3.05, 3.63) is 28.8 Å². The molecule has 0 aliphatic heterocycles. The molecule has 74 valence electrons. The van der Waals surface area contributed by atoms with E-state index in [-0.39, 0.29) is 0 Å². The summed E-state index contributed by atoms with van der Waals surface area (Å²) in [6.07, 6.45) is 0. The molecule has 1 N–H and O–H groups in total. The van der Waals surface area contributed by atoms with Gasteiger partial charge in [-0.15, -0.1) is 0 Å². The van der Waals surface area contributed by atoms with Crippen LogP contribution in [-0.2, 0) is 6.54 Å². The Kier molecular flexibility index (Phi) is 4.24. The number of hydrogen-bond donors (Lipinski definition) is 1. The van der Waals surface area contributed by atoms with Gasteiger partial charge < -0.3 is 10.1 Å². The Hall–Kier alpha value is -1.24. The van der Waals surface area contributed by atoms with E-state index < -0.39 is 0 Å². The van der Waals surface area contributed by atoms with Crippen LogP contribution >= 0.6 is 11.6 Å². The summed E-state index contributed by atoms with van der Waals surface area (Å²) in [5.74, 6) is 0.663. The molecule has 0 spiro atoms. The summed E-state index contributed by atoms with van der Waals surface area (Å²) in [6.45, 7) is 0.973. The fraction of sp³-hybridized carbons (Fsp3) is 0.300. The minimum Gasteiger partial charge on any atom is -0.495 e. The Bertz CT molecular complexity index is 346. The monoisotopic (exact) mass is 210 g/mol. The van der Waals surface area contributed by atoms with Gasteiger partial charge in [0.2, 0.25) is 0 Å². The number of benzene rings is 1. The van der Waals surface area contributed by atoms with Gasteiger partial charge in [-0.05, 0) is 17.7 Å². The van der Waals surface area contributed by atoms with Crippen LogP contribution in [0.4, 0.5) is 0 Å². The van der Waals surface area contributed by atoms with E-state index in [0.717, 1.165) is 5.56 Å². The minimum absolute atomic E-state index is 0.337. The van der Waals surface area contributed by atoms with Crippen LogP contribution in [0.5, 0.6) is 5.75 Å². The summed E-state index contributed by atoms with van der Waals surface area (Å²) in [5.41, 5.74) is 1.03. The van der Waals surface area contributed by atoms with E-state index in [1.165, 1.54) is 0 Å². The zero-order chi connectivity index (χ0) is 10.4. The maximum atomic E-state index is 8.32. The Morgan fingerprint density at radius 3 is 2.93 bits per heavy atom. The topological polar surface area (TPSA) is 45.0 Å². The summed E-state index contributed by atoms with van der Waals surface area (Å²) in [5, 5.41) is 11.9. The lowest BCUT2D eigenvalue weighted by atomic mass is 10.2. The van der Waals surface area contributed by atoms with Crippen LogP contribution in [0, 0.1) is 11.3 Å². The van der Waals surface area contributed by atoms with Gasteiger partial charge in [-0.25, -0.2) is 0 Å². The first-order valence-electron chi connectivity index (χ1n) is 4.18. The highest BCUT2D eigenvalue weighted by atomic mass is 35.5. The van der Waals surface area contributed by atoms with E-state index in [0.29, 0.717) is 23.9 Å². The molecule has 0 heterocycles. The number of nitrogens with zero attached hydrogens (tertiary/aromatic N) is 1. The van der Waals surface area contributed by atoms with E-state index in [2.05, 4.69) is 5.32 Å². The second-order valence-electron chi connectivity index (χ2n) is 2.73. The molecule has 0 aliphatic rings. The third kappa shape index (κ3) is 2.91. The van der Waals surface area contributed by atoms with Crippen LogP contribution < -0.4 is 10.1 Å². The summed E-state index contributed by atoms with van der Waals surface area (Å²) >= 11 is 5.92. The molecule has 1 aromatic carbocycles. The molecule has 1 rings (SSSR count). The predicted octanol–water partition coefficient (Wildman–Crippen LogP) is 1.96. The Balaban J connectivity index is 2.63. The van der Waals surface area contributed by atoms with Crippen molar-refractivity contribution in [1.82, 2.24) is 5.32 Å². The van der Waals surface area contributed by atoms with Gasteiger partial charge in [0.05, 0.1) is 24.7 Å². The molecule has 0 saturated carbocycles. The highest BCUT2D eigenvalue weighted by molar-refractivity contribution is 6.32. The van der Waals surface area contributed by atoms with E-state index >= 15 is 0 Å². The van der Waals surface area contributed by atoms with Gasteiger partial charge in [-0.3, -0.25) is 0 Å². The van der Waals surface area contributed by atoms with Crippen molar-refractivity contribution in [3.8, 4) is 11.8 Å². The number of rotatable bonds is 4. The van der Waals surface area contributed by atoms with Crippen LogP contribution in [0.25, 0.3) is 0 Å². The van der Waals surface area contributed by atoms with Gasteiger partial charge in [-0.1, -0.05) is 17.7 Å². The molecule has 14 heavy (non-hydrogen) atoms. The third-order valence-electron chi connectivity index (χ3n) is 1.75. The SMILES string of the molecule is COc1ccc(CNCC#N)cc1Cl. The second-order valence-corrected chi connectivity index (χ2v) is 3.14. The molecule has 0 atom stereocenters. The highest BCUT2D eigenvalue weighted by Crippen LogP contribution is 2.24. The quantitative estimate of drug-likeness (QED) is 0.611. The summed E-state index contributed by atoms with van der Waals surface area (Å²) in [4.78, 5) is 0. The van der Waals surface area contributed by atoms with Crippen molar-refractivity contribution < 1.29 is 4.74 Å². The van der Waals surface area contributed by atoms with Crippen LogP contribution in [0.3, 0.4) is 0 Å². The molecular weight excluding hydrogens is 200 g/mol. The highest BCUT2D eigenvalue weighted by Gasteiger charge is 2.00. The van der Waals surface area contributed by atoms with Gasteiger partial charge in [0.1, 0.15) is 5.75 Å². The molecule has 0 fully saturated rings. The molecule has 0 saturated heterocycles. The van der Waals surface area contributed by atoms with E-state index in [1.54, 1.807) is 7.11 Å². The number of ether oxygens (including phenoxy) is 1. The first kappa shape index (κ1) is 10.8. The van der Waals surface area contributed by atoms with E-state index in [1.807, 2.05) is 24.3 Å². The van der Waals surface area contributed by atoms with Crippen molar-refractivity contribution in [2.45, 2.75) is 6.54 Å². The molecule has 0 aromatic heterocycles. The standard InChI is InChI=1S/C10H11ClN2O/c1-14-10-3-2-8(6-9(10)11)7-13-5-4-12/h2-3,6,13H,5,7H2,1H3. The van der Waals surface area contributed by atoms with Gasteiger partial charge in [0, 0.05) is 6.54 Å². The Morgan fingerprint density at radius 2 is 2.36 bits per heavy atom. The smallest absolute Gasteiger partial charge is 0.137 e. The Morgan fingerprint density at radius 1 is 1.57 bits per heavy atom. The molecular formula is C10H11ClN2O. The average molecular weight is 211 g/mol. The number of halogens is 1. The molecule has 3 nitrogen and oxygen atoms in total. The van der Waals surface area contributed by atoms with Crippen molar-refractivity contribution in [3.63, 3.8) is 0 Å². The minimum atomic E-state index is 0.337. The largest absolute Gasteiger partial charge is 0.495 e. The second kappa shape index (κ2) is 5.48. The molecule has 0 unspecified atom stereocenters. The summed E-state index contributed by atoms with van der Waals surface area (Å²) in [7, 11) is 1.58. The van der Waals surface area contributed by atoms with Crippen LogP contribution in [-0.4, -0.2) is 13.7 Å². The van der Waals surface area contributed by atoms with Gasteiger partial charge in [-0.2, -0.15) is 5.26 Å². The lowest BCUT2D eigenvalue weighted by Gasteiger charge is -2.05. The number of nitrogens with one attached hydrogen (secondary N) is 1. The third-order valence-corrected chi connectivity index (χ3v) is 2.04. The number of hydrogen-bond acceptors (Lipinski definition) is 3. The maximum Gasteiger partial charge on any atom is 0.137 e.